The maximum absolute atomic E-state index is 12.2. The Kier molecular flexibility index (Phi) is 3.42. The number of amides is 1. The molecule has 8 nitrogen and oxygen atoms in total. The summed E-state index contributed by atoms with van der Waals surface area (Å²) in [5.41, 5.74) is 1.75. The van der Waals surface area contributed by atoms with E-state index in [-0.39, 0.29) is 11.6 Å². The third kappa shape index (κ3) is 2.71. The van der Waals surface area contributed by atoms with E-state index in [2.05, 4.69) is 25.8 Å². The van der Waals surface area contributed by atoms with Crippen molar-refractivity contribution in [2.75, 3.05) is 5.32 Å². The predicted octanol–water partition coefficient (Wildman–Crippen LogP) is 1.83. The third-order valence-corrected chi connectivity index (χ3v) is 2.93. The van der Waals surface area contributed by atoms with Gasteiger partial charge >= 0.3 is 0 Å². The molecule has 0 aliphatic rings. The lowest BCUT2D eigenvalue weighted by molar-refractivity contribution is 0.101. The molecule has 112 valence electrons. The molecule has 0 aliphatic carbocycles. The SMILES string of the molecule is Cc1ccc(-n2nc(C)cc2NC(=O)c2cc(C)on2)nn1. The van der Waals surface area contributed by atoms with E-state index in [9.17, 15) is 4.79 Å². The molecule has 0 saturated carbocycles. The van der Waals surface area contributed by atoms with E-state index in [1.807, 2.05) is 19.9 Å². The number of carbonyl (C=O) groups is 1. The van der Waals surface area contributed by atoms with E-state index in [1.165, 1.54) is 4.68 Å². The molecule has 3 aromatic heterocycles. The Balaban J connectivity index is 1.91. The van der Waals surface area contributed by atoms with Gasteiger partial charge in [-0.25, -0.2) is 0 Å². The third-order valence-electron chi connectivity index (χ3n) is 2.93. The fourth-order valence-corrected chi connectivity index (χ4v) is 1.92. The normalized spacial score (nSPS) is 10.7. The van der Waals surface area contributed by atoms with Gasteiger partial charge in [-0.1, -0.05) is 5.16 Å². The van der Waals surface area contributed by atoms with Crippen LogP contribution in [0.25, 0.3) is 5.82 Å². The Hall–Kier alpha value is -3.03. The van der Waals surface area contributed by atoms with E-state index in [0.29, 0.717) is 17.4 Å². The van der Waals surface area contributed by atoms with Crippen LogP contribution in [0.15, 0.2) is 28.8 Å². The van der Waals surface area contributed by atoms with Gasteiger partial charge in [0.25, 0.3) is 5.91 Å². The zero-order chi connectivity index (χ0) is 15.7. The van der Waals surface area contributed by atoms with Gasteiger partial charge in [0, 0.05) is 12.1 Å². The van der Waals surface area contributed by atoms with Gasteiger partial charge in [0.2, 0.25) is 0 Å². The Bertz CT molecular complexity index is 818. The second-order valence-corrected chi connectivity index (χ2v) is 4.89. The van der Waals surface area contributed by atoms with Crippen LogP contribution in [0.2, 0.25) is 0 Å². The van der Waals surface area contributed by atoms with Gasteiger partial charge in [-0.2, -0.15) is 14.9 Å². The fourth-order valence-electron chi connectivity index (χ4n) is 1.92. The number of nitrogens with one attached hydrogen (secondary N) is 1. The summed E-state index contributed by atoms with van der Waals surface area (Å²) < 4.78 is 6.42. The van der Waals surface area contributed by atoms with Crippen molar-refractivity contribution in [3.8, 4) is 5.82 Å². The first-order chi connectivity index (χ1) is 10.5. The Morgan fingerprint density at radius 1 is 1.14 bits per heavy atom. The summed E-state index contributed by atoms with van der Waals surface area (Å²) in [6, 6.07) is 6.91. The van der Waals surface area contributed by atoms with Crippen LogP contribution in [0.1, 0.15) is 27.6 Å². The molecule has 3 rings (SSSR count). The highest BCUT2D eigenvalue weighted by Gasteiger charge is 2.16. The molecule has 0 unspecified atom stereocenters. The summed E-state index contributed by atoms with van der Waals surface area (Å²) >= 11 is 0. The topological polar surface area (TPSA) is 98.7 Å². The number of hydrogen-bond donors (Lipinski definition) is 1. The van der Waals surface area contributed by atoms with Gasteiger partial charge in [-0.3, -0.25) is 4.79 Å². The van der Waals surface area contributed by atoms with Gasteiger partial charge in [-0.05, 0) is 32.9 Å². The van der Waals surface area contributed by atoms with Crippen LogP contribution >= 0.6 is 0 Å². The molecular formula is C14H14N6O2. The molecule has 0 bridgehead atoms. The zero-order valence-corrected chi connectivity index (χ0v) is 12.4. The van der Waals surface area contributed by atoms with Gasteiger partial charge < -0.3 is 9.84 Å². The number of hydrogen-bond acceptors (Lipinski definition) is 6. The van der Waals surface area contributed by atoms with Crippen LogP contribution in [0.5, 0.6) is 0 Å². The Labute approximate surface area is 126 Å². The first kappa shape index (κ1) is 13.9. The number of aryl methyl sites for hydroxylation is 3. The van der Waals surface area contributed by atoms with E-state index >= 15 is 0 Å². The highest BCUT2D eigenvalue weighted by molar-refractivity contribution is 6.02. The number of rotatable bonds is 3. The number of aromatic nitrogens is 5. The van der Waals surface area contributed by atoms with Crippen molar-refractivity contribution >= 4 is 11.7 Å². The summed E-state index contributed by atoms with van der Waals surface area (Å²) in [5.74, 6) is 1.20. The van der Waals surface area contributed by atoms with E-state index in [0.717, 1.165) is 11.4 Å². The van der Waals surface area contributed by atoms with Crippen molar-refractivity contribution in [3.05, 3.63) is 47.1 Å². The minimum absolute atomic E-state index is 0.206. The quantitative estimate of drug-likeness (QED) is 0.792. The largest absolute Gasteiger partial charge is 0.361 e. The van der Waals surface area contributed by atoms with Crippen molar-refractivity contribution in [2.45, 2.75) is 20.8 Å². The summed E-state index contributed by atoms with van der Waals surface area (Å²) in [7, 11) is 0. The van der Waals surface area contributed by atoms with Gasteiger partial charge in [0.05, 0.1) is 11.4 Å². The Morgan fingerprint density at radius 3 is 2.59 bits per heavy atom. The molecule has 0 fully saturated rings. The molecule has 0 spiro atoms. The maximum atomic E-state index is 12.2. The molecule has 0 aliphatic heterocycles. The lowest BCUT2D eigenvalue weighted by Gasteiger charge is -2.06. The second-order valence-electron chi connectivity index (χ2n) is 4.89. The number of carbonyl (C=O) groups excluding carboxylic acids is 1. The summed E-state index contributed by atoms with van der Waals surface area (Å²) in [4.78, 5) is 12.2. The minimum Gasteiger partial charge on any atom is -0.361 e. The maximum Gasteiger partial charge on any atom is 0.279 e. The lowest BCUT2D eigenvalue weighted by Crippen LogP contribution is -2.16. The Morgan fingerprint density at radius 2 is 1.95 bits per heavy atom. The molecule has 0 saturated heterocycles. The summed E-state index contributed by atoms with van der Waals surface area (Å²) in [5, 5.41) is 18.8. The molecule has 3 aromatic rings. The first-order valence-corrected chi connectivity index (χ1v) is 6.65. The van der Waals surface area contributed by atoms with Crippen LogP contribution in [0, 0.1) is 20.8 Å². The minimum atomic E-state index is -0.377. The zero-order valence-electron chi connectivity index (χ0n) is 12.4. The molecule has 0 radical (unpaired) electrons. The molecule has 1 N–H and O–H groups in total. The summed E-state index contributed by atoms with van der Waals surface area (Å²) in [6.07, 6.45) is 0. The van der Waals surface area contributed by atoms with E-state index in [4.69, 9.17) is 4.52 Å². The van der Waals surface area contributed by atoms with Gasteiger partial charge in [0.15, 0.2) is 11.5 Å². The molecule has 22 heavy (non-hydrogen) atoms. The average Bonchev–Trinajstić information content (AvgIpc) is 3.06. The smallest absolute Gasteiger partial charge is 0.279 e. The molecular weight excluding hydrogens is 284 g/mol. The fraction of sp³-hybridized carbons (Fsp3) is 0.214. The first-order valence-electron chi connectivity index (χ1n) is 6.65. The van der Waals surface area contributed by atoms with Crippen LogP contribution in [-0.4, -0.2) is 31.0 Å². The number of nitrogens with zero attached hydrogens (tertiary/aromatic N) is 5. The molecule has 1 amide bonds. The lowest BCUT2D eigenvalue weighted by atomic mass is 10.3. The predicted molar refractivity (Wildman–Crippen MR) is 77.8 cm³/mol. The molecule has 0 aromatic carbocycles. The highest BCUT2D eigenvalue weighted by Crippen LogP contribution is 2.16. The van der Waals surface area contributed by atoms with E-state index < -0.39 is 0 Å². The van der Waals surface area contributed by atoms with E-state index in [1.54, 1.807) is 25.1 Å². The van der Waals surface area contributed by atoms with Crippen LogP contribution < -0.4 is 5.32 Å². The molecule has 8 heteroatoms. The average molecular weight is 298 g/mol. The number of anilines is 1. The van der Waals surface area contributed by atoms with Crippen LogP contribution in [-0.2, 0) is 0 Å². The monoisotopic (exact) mass is 298 g/mol. The van der Waals surface area contributed by atoms with Crippen molar-refractivity contribution in [3.63, 3.8) is 0 Å². The van der Waals surface area contributed by atoms with Crippen LogP contribution in [0.4, 0.5) is 5.82 Å². The molecule has 3 heterocycles. The van der Waals surface area contributed by atoms with Gasteiger partial charge in [-0.15, -0.1) is 5.10 Å². The van der Waals surface area contributed by atoms with Crippen LogP contribution in [0.3, 0.4) is 0 Å². The standard InChI is InChI=1S/C14H14N6O2/c1-8-4-5-12(17-16-8)20-13(6-9(2)18-20)15-14(21)11-7-10(3)22-19-11/h4-7H,1-3H3,(H,15,21). The van der Waals surface area contributed by atoms with Gasteiger partial charge in [0.1, 0.15) is 11.6 Å². The van der Waals surface area contributed by atoms with Crippen molar-refractivity contribution in [2.24, 2.45) is 0 Å². The van der Waals surface area contributed by atoms with Crippen molar-refractivity contribution in [1.82, 2.24) is 25.1 Å². The van der Waals surface area contributed by atoms with Crippen molar-refractivity contribution < 1.29 is 9.32 Å². The second kappa shape index (κ2) is 5.40. The molecule has 0 atom stereocenters. The van der Waals surface area contributed by atoms with Crippen molar-refractivity contribution in [1.29, 1.82) is 0 Å². The summed E-state index contributed by atoms with van der Waals surface area (Å²) in [6.45, 7) is 5.40. The highest BCUT2D eigenvalue weighted by atomic mass is 16.5.